The number of aryl methyl sites for hydroxylation is 1. The molecule has 0 aromatic carbocycles. The van der Waals surface area contributed by atoms with Crippen LogP contribution in [0, 0.1) is 0 Å². The molecule has 4 N–H and O–H groups in total. The fourth-order valence-corrected chi connectivity index (χ4v) is 7.38. The number of anilines is 1. The Morgan fingerprint density at radius 3 is 2.64 bits per heavy atom. The number of aromatic nitrogens is 4. The number of oxime groups is 1. The first-order valence-electron chi connectivity index (χ1n) is 10.7. The average molecular weight is 679 g/mol. The molecular weight excluding hydrogens is 661 g/mol. The number of hydrogen-bond acceptors (Lipinski definition) is 15. The van der Waals surface area contributed by atoms with Gasteiger partial charge in [-0.2, -0.15) is 4.98 Å². The van der Waals surface area contributed by atoms with E-state index < -0.39 is 53.8 Å². The van der Waals surface area contributed by atoms with Gasteiger partial charge in [-0.3, -0.25) is 38.4 Å². The largest absolute Gasteiger partial charge is 1.00 e. The van der Waals surface area contributed by atoms with Crippen molar-refractivity contribution in [2.45, 2.75) is 16.6 Å². The molecule has 2 aliphatic rings. The van der Waals surface area contributed by atoms with Crippen LogP contribution < -0.4 is 90.6 Å². The van der Waals surface area contributed by atoms with Crippen LogP contribution in [0.1, 0.15) is 5.69 Å². The number of carbonyl (C=O) groups is 3. The van der Waals surface area contributed by atoms with E-state index in [1.165, 1.54) is 28.9 Å². The van der Waals surface area contributed by atoms with Crippen molar-refractivity contribution in [3.8, 4) is 0 Å². The van der Waals surface area contributed by atoms with Crippen molar-refractivity contribution in [2.24, 2.45) is 12.2 Å². The molecule has 0 saturated carbocycles. The van der Waals surface area contributed by atoms with Gasteiger partial charge in [0.2, 0.25) is 7.75 Å². The number of thiazole rings is 1. The minimum atomic E-state index is -4.90. The van der Waals surface area contributed by atoms with Gasteiger partial charge in [0, 0.05) is 23.9 Å². The number of aliphatic carboxylic acids is 1. The molecule has 2 aliphatic heterocycles. The smallest absolute Gasteiger partial charge is 0.762 e. The van der Waals surface area contributed by atoms with Crippen molar-refractivity contribution in [1.82, 2.24) is 30.0 Å². The third kappa shape index (κ3) is 8.16. The molecular formula is C18H17N8Na2O10PS3. The van der Waals surface area contributed by atoms with Crippen LogP contribution in [0.5, 0.6) is 0 Å². The fraction of sp³-hybridized carbons (Fsp3) is 0.333. The molecule has 4 rings (SSSR count). The Balaban J connectivity index is 0.00000308. The summed E-state index contributed by atoms with van der Waals surface area (Å²) in [6.07, 6.45) is 0. The van der Waals surface area contributed by atoms with E-state index in [0.717, 1.165) is 35.1 Å². The monoisotopic (exact) mass is 678 g/mol. The van der Waals surface area contributed by atoms with E-state index in [4.69, 9.17) is 4.89 Å². The van der Waals surface area contributed by atoms with Gasteiger partial charge in [0.25, 0.3) is 11.8 Å². The first kappa shape index (κ1) is 36.7. The van der Waals surface area contributed by atoms with Gasteiger partial charge in [0.1, 0.15) is 24.2 Å². The fourth-order valence-electron chi connectivity index (χ4n) is 3.58. The van der Waals surface area contributed by atoms with E-state index in [1.54, 1.807) is 5.09 Å². The Hall–Kier alpha value is -1.49. The number of rotatable bonds is 10. The Labute approximate surface area is 291 Å². The predicted octanol–water partition coefficient (Wildman–Crippen LogP) is -9.65. The summed E-state index contributed by atoms with van der Waals surface area (Å²) in [5.74, 6) is -3.15. The summed E-state index contributed by atoms with van der Waals surface area (Å²) in [4.78, 5) is 94.0. The van der Waals surface area contributed by atoms with Crippen LogP contribution in [-0.2, 0) is 30.8 Å². The summed E-state index contributed by atoms with van der Waals surface area (Å²) < 4.78 is 12.2. The summed E-state index contributed by atoms with van der Waals surface area (Å²) in [5.41, 5.74) is -2.54. The molecule has 3 atom stereocenters. The SMILES string of the molecule is CO/N=C(\C(=O)N[C@@H]1C(=O)N2C(C(=O)[O-])=C(CSc3nc(=O)c(=O)[nH]n3C)CS[C@H]12)c1csc(NP(=O)([O-])O)n1.[Na+].[Na+]. The Morgan fingerprint density at radius 1 is 1.33 bits per heavy atom. The molecule has 24 heteroatoms. The third-order valence-electron chi connectivity index (χ3n) is 5.23. The number of carbonyl (C=O) groups excluding carboxylic acids is 3. The number of H-pyrrole nitrogens is 1. The first-order valence-corrected chi connectivity index (χ1v) is 15.2. The second kappa shape index (κ2) is 15.0. The first-order chi connectivity index (χ1) is 18.8. The zero-order valence-electron chi connectivity index (χ0n) is 22.2. The van der Waals surface area contributed by atoms with Crippen molar-refractivity contribution in [1.29, 1.82) is 0 Å². The van der Waals surface area contributed by atoms with Crippen molar-refractivity contribution in [3.63, 3.8) is 0 Å². The number of nitrogens with zero attached hydrogens (tertiary/aromatic N) is 5. The number of aromatic amines is 1. The Bertz CT molecular complexity index is 1620. The second-order valence-corrected chi connectivity index (χ2v) is 12.1. The molecule has 1 unspecified atom stereocenters. The topological polar surface area (TPSA) is 264 Å². The number of nitrogens with one attached hydrogen (secondary N) is 3. The molecule has 214 valence electrons. The van der Waals surface area contributed by atoms with Crippen LogP contribution in [-0.4, -0.2) is 83.1 Å². The predicted molar refractivity (Wildman–Crippen MR) is 137 cm³/mol. The van der Waals surface area contributed by atoms with Crippen LogP contribution >= 0.6 is 42.6 Å². The van der Waals surface area contributed by atoms with Crippen LogP contribution in [0.4, 0.5) is 5.13 Å². The van der Waals surface area contributed by atoms with Gasteiger partial charge in [0.15, 0.2) is 16.0 Å². The maximum atomic E-state index is 13.0. The molecule has 2 amide bonds. The number of β-lactam (4-membered cyclic amide) rings is 1. The summed E-state index contributed by atoms with van der Waals surface area (Å²) in [7, 11) is -2.32. The van der Waals surface area contributed by atoms with Crippen molar-refractivity contribution < 1.29 is 97.8 Å². The van der Waals surface area contributed by atoms with Gasteiger partial charge in [-0.15, -0.1) is 23.1 Å². The van der Waals surface area contributed by atoms with Gasteiger partial charge in [0.05, 0.1) is 11.7 Å². The molecule has 1 saturated heterocycles. The molecule has 42 heavy (non-hydrogen) atoms. The van der Waals surface area contributed by atoms with Gasteiger partial charge in [-0.1, -0.05) is 16.9 Å². The number of thioether (sulfide) groups is 2. The normalized spacial score (nSPS) is 19.4. The Kier molecular flexibility index (Phi) is 13.1. The van der Waals surface area contributed by atoms with E-state index >= 15 is 0 Å². The van der Waals surface area contributed by atoms with Crippen LogP contribution in [0.2, 0.25) is 0 Å². The van der Waals surface area contributed by atoms with Crippen molar-refractivity contribution >= 4 is 71.2 Å². The average Bonchev–Trinajstić information content (AvgIpc) is 3.32. The number of carboxylic acids is 1. The van der Waals surface area contributed by atoms with E-state index in [-0.39, 0.29) is 92.3 Å². The number of amides is 2. The molecule has 0 spiro atoms. The third-order valence-corrected chi connectivity index (χ3v) is 9.09. The van der Waals surface area contributed by atoms with E-state index in [2.05, 4.69) is 30.4 Å². The maximum Gasteiger partial charge on any atom is 1.00 e. The number of fused-ring (bicyclic) bond motifs is 1. The second-order valence-electron chi connectivity index (χ2n) is 7.88. The zero-order chi connectivity index (χ0) is 29.4. The Morgan fingerprint density at radius 2 is 2.02 bits per heavy atom. The molecule has 0 radical (unpaired) electrons. The molecule has 2 aromatic heterocycles. The number of carboxylic acid groups (broad SMARTS) is 1. The quantitative estimate of drug-likeness (QED) is 0.0346. The van der Waals surface area contributed by atoms with Gasteiger partial charge in [-0.05, 0) is 5.57 Å². The van der Waals surface area contributed by atoms with Gasteiger partial charge in [-0.25, -0.2) is 4.98 Å². The summed E-state index contributed by atoms with van der Waals surface area (Å²) in [6, 6.07) is -1.15. The maximum absolute atomic E-state index is 13.0. The van der Waals surface area contributed by atoms with E-state index in [1.807, 2.05) is 0 Å². The minimum absolute atomic E-state index is 0. The van der Waals surface area contributed by atoms with E-state index in [0.29, 0.717) is 5.57 Å². The summed E-state index contributed by atoms with van der Waals surface area (Å²) >= 11 is 2.88. The molecule has 2 aromatic rings. The molecule has 0 bridgehead atoms. The summed E-state index contributed by atoms with van der Waals surface area (Å²) in [6.45, 7) is 0. The zero-order valence-corrected chi connectivity index (χ0v) is 29.5. The molecule has 4 heterocycles. The van der Waals surface area contributed by atoms with Gasteiger partial charge < -0.3 is 34.9 Å². The summed E-state index contributed by atoms with van der Waals surface area (Å²) in [5, 5.41) is 22.4. The van der Waals surface area contributed by atoms with Crippen molar-refractivity contribution in [2.75, 3.05) is 23.7 Å². The number of hydrogen-bond donors (Lipinski definition) is 4. The standard InChI is InChI=1S/C18H19N8O10PS3.2Na/c1-25-18(21-12(28)13(29)22-25)40-4-6-3-38-15-9(14(30)26(15)10(6)16(31)32)20-11(27)8(23-36-2)7-5-39-17(19-7)24-37(33,34)35;;/h5,9,15H,3-4H2,1-2H3,(H,20,27)(H,22,29)(H,31,32)(H3,19,24,33,34,35);;/q;2*+1/p-2/b23-8-;;/t9-,15-;;/m1../s1. The van der Waals surface area contributed by atoms with Crippen LogP contribution in [0.3, 0.4) is 0 Å². The molecule has 18 nitrogen and oxygen atoms in total. The van der Waals surface area contributed by atoms with E-state index in [9.17, 15) is 38.5 Å². The molecule has 1 fully saturated rings. The van der Waals surface area contributed by atoms with Gasteiger partial charge >= 0.3 is 70.2 Å². The minimum Gasteiger partial charge on any atom is -0.762 e. The van der Waals surface area contributed by atoms with Crippen LogP contribution in [0.25, 0.3) is 0 Å². The molecule has 0 aliphatic carbocycles. The van der Waals surface area contributed by atoms with Crippen LogP contribution in [0.15, 0.2) is 36.6 Å². The van der Waals surface area contributed by atoms with Crippen molar-refractivity contribution in [3.05, 3.63) is 43.1 Å².